The summed E-state index contributed by atoms with van der Waals surface area (Å²) in [6, 6.07) is 6.44. The summed E-state index contributed by atoms with van der Waals surface area (Å²) in [6.07, 6.45) is 4.85. The quantitative estimate of drug-likeness (QED) is 0.813. The highest BCUT2D eigenvalue weighted by molar-refractivity contribution is 5.79. The maximum absolute atomic E-state index is 4.24. The second-order valence-electron chi connectivity index (χ2n) is 4.35. The van der Waals surface area contributed by atoms with E-state index in [0.29, 0.717) is 6.54 Å². The van der Waals surface area contributed by atoms with E-state index in [4.69, 9.17) is 0 Å². The van der Waals surface area contributed by atoms with Crippen LogP contribution in [-0.4, -0.2) is 16.1 Å². The average molecular weight is 237 g/mol. The van der Waals surface area contributed by atoms with Gasteiger partial charge in [-0.3, -0.25) is 0 Å². The van der Waals surface area contributed by atoms with E-state index in [9.17, 15) is 0 Å². The van der Waals surface area contributed by atoms with Crippen molar-refractivity contribution < 1.29 is 0 Å². The van der Waals surface area contributed by atoms with Gasteiger partial charge in [0.15, 0.2) is 0 Å². The largest absolute Gasteiger partial charge is 0.384 e. The van der Waals surface area contributed by atoms with Gasteiger partial charge in [-0.2, -0.15) is 0 Å². The molecule has 3 heteroatoms. The summed E-state index contributed by atoms with van der Waals surface area (Å²) in [5, 5.41) is 3.46. The van der Waals surface area contributed by atoms with E-state index >= 15 is 0 Å². The molecule has 1 aromatic heterocycles. The number of nitrogens with one attached hydrogen (secondary N) is 1. The van der Waals surface area contributed by atoms with Crippen molar-refractivity contribution in [1.29, 1.82) is 0 Å². The van der Waals surface area contributed by atoms with Crippen LogP contribution in [0.5, 0.6) is 0 Å². The van der Waals surface area contributed by atoms with Crippen molar-refractivity contribution in [2.45, 2.75) is 19.9 Å². The molecule has 90 valence electrons. The first-order valence-corrected chi connectivity index (χ1v) is 6.16. The smallest absolute Gasteiger partial charge is 0.0959 e. The van der Waals surface area contributed by atoms with Gasteiger partial charge in [-0.15, -0.1) is 5.92 Å². The Bertz CT molecular complexity index is 629. The molecule has 1 aliphatic heterocycles. The Morgan fingerprint density at radius 1 is 1.44 bits per heavy atom. The van der Waals surface area contributed by atoms with Crippen LogP contribution in [0.15, 0.2) is 30.7 Å². The summed E-state index contributed by atoms with van der Waals surface area (Å²) in [4.78, 5) is 4.24. The van der Waals surface area contributed by atoms with Crippen molar-refractivity contribution in [3.63, 3.8) is 0 Å². The maximum atomic E-state index is 4.24. The van der Waals surface area contributed by atoms with Crippen LogP contribution in [0.4, 0.5) is 5.69 Å². The summed E-state index contributed by atoms with van der Waals surface area (Å²) in [5.41, 5.74) is 5.00. The monoisotopic (exact) mass is 237 g/mol. The average Bonchev–Trinajstić information content (AvgIpc) is 3.04. The highest BCUT2D eigenvalue weighted by Crippen LogP contribution is 2.33. The van der Waals surface area contributed by atoms with Crippen LogP contribution in [0.3, 0.4) is 0 Å². The predicted octanol–water partition coefficient (Wildman–Crippen LogP) is 2.54. The normalized spacial score (nSPS) is 12.5. The zero-order chi connectivity index (χ0) is 12.4. The molecule has 0 saturated heterocycles. The third kappa shape index (κ3) is 1.76. The van der Waals surface area contributed by atoms with Gasteiger partial charge in [0.05, 0.1) is 24.8 Å². The number of fused-ring (bicyclic) bond motifs is 1. The molecule has 0 bridgehead atoms. The molecule has 0 fully saturated rings. The molecule has 3 rings (SSSR count). The molecule has 1 aromatic carbocycles. The topological polar surface area (TPSA) is 29.9 Å². The number of nitrogens with zero attached hydrogens (tertiary/aromatic N) is 2. The van der Waals surface area contributed by atoms with E-state index in [1.165, 1.54) is 16.8 Å². The van der Waals surface area contributed by atoms with Crippen LogP contribution >= 0.6 is 0 Å². The Balaban J connectivity index is 2.07. The van der Waals surface area contributed by atoms with E-state index in [-0.39, 0.29) is 0 Å². The number of hydrogen-bond donors (Lipinski definition) is 1. The lowest BCUT2D eigenvalue weighted by atomic mass is 10.1. The van der Waals surface area contributed by atoms with Gasteiger partial charge >= 0.3 is 0 Å². The molecule has 0 amide bonds. The Hall–Kier alpha value is -2.21. The minimum absolute atomic E-state index is 0.690. The standard InChI is InChI=1S/C15H15N3/c1-2-3-9-18-11-16-10-14(18)13-6-4-5-12-7-8-17-15(12)13/h4-6,10-11,17H,7-9H2,1H3. The summed E-state index contributed by atoms with van der Waals surface area (Å²) >= 11 is 0. The number of benzene rings is 1. The van der Waals surface area contributed by atoms with Crippen LogP contribution in [0.1, 0.15) is 12.5 Å². The first-order valence-electron chi connectivity index (χ1n) is 6.16. The summed E-state index contributed by atoms with van der Waals surface area (Å²) in [5.74, 6) is 6.00. The molecule has 1 aliphatic rings. The van der Waals surface area contributed by atoms with Crippen LogP contribution in [-0.2, 0) is 13.0 Å². The van der Waals surface area contributed by atoms with Crippen LogP contribution in [0.25, 0.3) is 11.3 Å². The number of imidazole rings is 1. The lowest BCUT2D eigenvalue weighted by molar-refractivity contribution is 0.847. The molecular weight excluding hydrogens is 222 g/mol. The lowest BCUT2D eigenvalue weighted by Crippen LogP contribution is -1.99. The molecule has 3 nitrogen and oxygen atoms in total. The minimum Gasteiger partial charge on any atom is -0.384 e. The fourth-order valence-electron chi connectivity index (χ4n) is 2.39. The van der Waals surface area contributed by atoms with E-state index < -0.39 is 0 Å². The second-order valence-corrected chi connectivity index (χ2v) is 4.35. The third-order valence-electron chi connectivity index (χ3n) is 3.26. The summed E-state index contributed by atoms with van der Waals surface area (Å²) in [6.45, 7) is 3.57. The fraction of sp³-hybridized carbons (Fsp3) is 0.267. The number of hydrogen-bond acceptors (Lipinski definition) is 2. The van der Waals surface area contributed by atoms with Gasteiger partial charge in [0.1, 0.15) is 0 Å². The van der Waals surface area contributed by atoms with E-state index in [1.54, 1.807) is 0 Å². The van der Waals surface area contributed by atoms with Crippen LogP contribution in [0, 0.1) is 11.8 Å². The molecule has 2 aromatic rings. The fourth-order valence-corrected chi connectivity index (χ4v) is 2.39. The van der Waals surface area contributed by atoms with Crippen molar-refractivity contribution in [2.24, 2.45) is 0 Å². The SMILES string of the molecule is CC#CCn1cncc1-c1cccc2c1NCC2. The van der Waals surface area contributed by atoms with E-state index in [1.807, 2.05) is 19.4 Å². The van der Waals surface area contributed by atoms with Gasteiger partial charge < -0.3 is 9.88 Å². The van der Waals surface area contributed by atoms with Gasteiger partial charge in [-0.25, -0.2) is 4.98 Å². The second kappa shape index (κ2) is 4.58. The highest BCUT2D eigenvalue weighted by Gasteiger charge is 2.16. The lowest BCUT2D eigenvalue weighted by Gasteiger charge is -2.10. The molecule has 0 spiro atoms. The predicted molar refractivity (Wildman–Crippen MR) is 73.3 cm³/mol. The minimum atomic E-state index is 0.690. The first-order chi connectivity index (χ1) is 8.90. The van der Waals surface area contributed by atoms with Crippen molar-refractivity contribution in [2.75, 3.05) is 11.9 Å². The van der Waals surface area contributed by atoms with Gasteiger partial charge in [0.2, 0.25) is 0 Å². The van der Waals surface area contributed by atoms with E-state index in [2.05, 4.69) is 44.9 Å². The van der Waals surface area contributed by atoms with Crippen LogP contribution in [0.2, 0.25) is 0 Å². The van der Waals surface area contributed by atoms with Crippen molar-refractivity contribution in [1.82, 2.24) is 9.55 Å². The molecule has 18 heavy (non-hydrogen) atoms. The summed E-state index contributed by atoms with van der Waals surface area (Å²) in [7, 11) is 0. The molecule has 0 saturated carbocycles. The number of aromatic nitrogens is 2. The molecule has 0 radical (unpaired) electrons. The Morgan fingerprint density at radius 3 is 3.28 bits per heavy atom. The van der Waals surface area contributed by atoms with Gasteiger partial charge in [-0.1, -0.05) is 24.1 Å². The molecule has 0 aliphatic carbocycles. The zero-order valence-corrected chi connectivity index (χ0v) is 10.4. The zero-order valence-electron chi connectivity index (χ0n) is 10.4. The molecule has 2 heterocycles. The molecule has 0 unspecified atom stereocenters. The summed E-state index contributed by atoms with van der Waals surface area (Å²) < 4.78 is 2.09. The molecule has 1 N–H and O–H groups in total. The highest BCUT2D eigenvalue weighted by atomic mass is 15.0. The van der Waals surface area contributed by atoms with E-state index in [0.717, 1.165) is 18.7 Å². The van der Waals surface area contributed by atoms with Crippen molar-refractivity contribution in [3.05, 3.63) is 36.3 Å². The maximum Gasteiger partial charge on any atom is 0.0959 e. The Kier molecular flexibility index (Phi) is 2.77. The molecule has 0 atom stereocenters. The van der Waals surface area contributed by atoms with Crippen molar-refractivity contribution >= 4 is 5.69 Å². The van der Waals surface area contributed by atoms with Crippen molar-refractivity contribution in [3.8, 4) is 23.1 Å². The first kappa shape index (κ1) is 10.9. The number of anilines is 1. The van der Waals surface area contributed by atoms with Crippen LogP contribution < -0.4 is 5.32 Å². The number of para-hydroxylation sites is 1. The third-order valence-corrected chi connectivity index (χ3v) is 3.26. The van der Waals surface area contributed by atoms with Gasteiger partial charge in [0, 0.05) is 17.8 Å². The molecular formula is C15H15N3. The van der Waals surface area contributed by atoms with Gasteiger partial charge in [-0.05, 0) is 18.9 Å². The van der Waals surface area contributed by atoms with Gasteiger partial charge in [0.25, 0.3) is 0 Å². The number of rotatable bonds is 2. The Labute approximate surface area is 107 Å². The Morgan fingerprint density at radius 2 is 2.39 bits per heavy atom.